The van der Waals surface area contributed by atoms with Gasteiger partial charge in [0.25, 0.3) is 0 Å². The molecule has 0 saturated heterocycles. The second-order valence-electron chi connectivity index (χ2n) is 5.00. The molecule has 0 radical (unpaired) electrons. The van der Waals surface area contributed by atoms with E-state index in [9.17, 15) is 9.59 Å². The van der Waals surface area contributed by atoms with Gasteiger partial charge in [0.1, 0.15) is 0 Å². The standard InChI is InChI=1S/C18H18ClNO4/c1-2-3-13-23-20(17(21)14-7-5-4-6-8-14)24-18(22)15-9-11-16(19)12-10-15/h4-12H,2-3,13H2,1H3. The maximum absolute atomic E-state index is 12.5. The Hall–Kier alpha value is -2.37. The summed E-state index contributed by atoms with van der Waals surface area (Å²) < 4.78 is 0. The Labute approximate surface area is 145 Å². The summed E-state index contributed by atoms with van der Waals surface area (Å²) in [5, 5.41) is 1.14. The molecule has 0 aromatic heterocycles. The Morgan fingerprint density at radius 3 is 2.29 bits per heavy atom. The third-order valence-corrected chi connectivity index (χ3v) is 3.39. The van der Waals surface area contributed by atoms with E-state index in [0.717, 1.165) is 12.8 Å². The van der Waals surface area contributed by atoms with Gasteiger partial charge >= 0.3 is 11.9 Å². The fraction of sp³-hybridized carbons (Fsp3) is 0.222. The van der Waals surface area contributed by atoms with Gasteiger partial charge in [-0.25, -0.2) is 9.63 Å². The van der Waals surface area contributed by atoms with Crippen molar-refractivity contribution in [2.75, 3.05) is 6.61 Å². The third-order valence-electron chi connectivity index (χ3n) is 3.14. The lowest BCUT2D eigenvalue weighted by molar-refractivity contribution is -0.293. The zero-order valence-corrected chi connectivity index (χ0v) is 14.0. The van der Waals surface area contributed by atoms with Crippen molar-refractivity contribution in [2.24, 2.45) is 0 Å². The van der Waals surface area contributed by atoms with Crippen LogP contribution < -0.4 is 0 Å². The normalized spacial score (nSPS) is 10.2. The van der Waals surface area contributed by atoms with E-state index < -0.39 is 11.9 Å². The summed E-state index contributed by atoms with van der Waals surface area (Å²) in [6.45, 7) is 2.26. The van der Waals surface area contributed by atoms with Gasteiger partial charge in [-0.3, -0.25) is 4.79 Å². The molecule has 5 nitrogen and oxygen atoms in total. The Kier molecular flexibility index (Phi) is 6.78. The number of hydrogen-bond acceptors (Lipinski definition) is 4. The smallest absolute Gasteiger partial charge is 0.306 e. The van der Waals surface area contributed by atoms with Gasteiger partial charge in [-0.05, 0) is 48.0 Å². The summed E-state index contributed by atoms with van der Waals surface area (Å²) in [6.07, 6.45) is 1.62. The number of carbonyl (C=O) groups is 2. The van der Waals surface area contributed by atoms with E-state index in [1.165, 1.54) is 12.1 Å². The molecule has 24 heavy (non-hydrogen) atoms. The van der Waals surface area contributed by atoms with E-state index in [0.29, 0.717) is 15.8 Å². The molecule has 2 aromatic rings. The molecule has 0 N–H and O–H groups in total. The average molecular weight is 348 g/mol. The van der Waals surface area contributed by atoms with Crippen LogP contribution in [0.25, 0.3) is 0 Å². The minimum Gasteiger partial charge on any atom is -0.306 e. The SMILES string of the molecule is CCCCON(OC(=O)c1ccc(Cl)cc1)C(=O)c1ccccc1. The van der Waals surface area contributed by atoms with Gasteiger partial charge in [0, 0.05) is 10.6 Å². The van der Waals surface area contributed by atoms with E-state index in [4.69, 9.17) is 21.3 Å². The van der Waals surface area contributed by atoms with Gasteiger partial charge < -0.3 is 4.84 Å². The predicted molar refractivity (Wildman–Crippen MR) is 90.3 cm³/mol. The van der Waals surface area contributed by atoms with Crippen LogP contribution in [0.3, 0.4) is 0 Å². The lowest BCUT2D eigenvalue weighted by atomic mass is 10.2. The average Bonchev–Trinajstić information content (AvgIpc) is 2.61. The lowest BCUT2D eigenvalue weighted by Gasteiger charge is -2.20. The molecular formula is C18H18ClNO4. The minimum atomic E-state index is -0.701. The van der Waals surface area contributed by atoms with Crippen molar-refractivity contribution >= 4 is 23.5 Å². The fourth-order valence-electron chi connectivity index (χ4n) is 1.82. The number of carbonyl (C=O) groups excluding carboxylic acids is 2. The van der Waals surface area contributed by atoms with Gasteiger partial charge in [-0.15, -0.1) is 0 Å². The fourth-order valence-corrected chi connectivity index (χ4v) is 1.94. The molecular weight excluding hydrogens is 330 g/mol. The van der Waals surface area contributed by atoms with Crippen LogP contribution in [0.5, 0.6) is 0 Å². The van der Waals surface area contributed by atoms with Crippen molar-refractivity contribution in [3.63, 3.8) is 0 Å². The summed E-state index contributed by atoms with van der Waals surface area (Å²) in [4.78, 5) is 35.1. The topological polar surface area (TPSA) is 55.8 Å². The highest BCUT2D eigenvalue weighted by atomic mass is 35.5. The summed E-state index contributed by atoms with van der Waals surface area (Å²) >= 11 is 5.80. The van der Waals surface area contributed by atoms with Crippen LogP contribution in [-0.2, 0) is 9.68 Å². The molecule has 126 valence electrons. The van der Waals surface area contributed by atoms with Crippen LogP contribution in [0.4, 0.5) is 0 Å². The molecule has 2 rings (SSSR count). The maximum atomic E-state index is 12.5. The van der Waals surface area contributed by atoms with Crippen molar-refractivity contribution < 1.29 is 19.3 Å². The minimum absolute atomic E-state index is 0.267. The van der Waals surface area contributed by atoms with Gasteiger partial charge in [0.15, 0.2) is 0 Å². The molecule has 0 unspecified atom stereocenters. The number of unbranched alkanes of at least 4 members (excludes halogenated alkanes) is 1. The summed E-state index contributed by atoms with van der Waals surface area (Å²) in [5.74, 6) is -1.25. The Bertz CT molecular complexity index is 673. The molecule has 0 heterocycles. The number of halogens is 1. The van der Waals surface area contributed by atoms with Crippen molar-refractivity contribution in [1.29, 1.82) is 0 Å². The number of nitrogens with zero attached hydrogens (tertiary/aromatic N) is 1. The molecule has 0 aliphatic carbocycles. The van der Waals surface area contributed by atoms with E-state index in [-0.39, 0.29) is 12.2 Å². The molecule has 0 fully saturated rings. The summed E-state index contributed by atoms with van der Waals surface area (Å²) in [5.41, 5.74) is 0.627. The summed E-state index contributed by atoms with van der Waals surface area (Å²) in [7, 11) is 0. The van der Waals surface area contributed by atoms with Crippen molar-refractivity contribution in [1.82, 2.24) is 5.23 Å². The highest BCUT2D eigenvalue weighted by Gasteiger charge is 2.22. The van der Waals surface area contributed by atoms with E-state index >= 15 is 0 Å². The molecule has 0 spiro atoms. The van der Waals surface area contributed by atoms with Gasteiger partial charge in [-0.1, -0.05) is 43.1 Å². The van der Waals surface area contributed by atoms with Gasteiger partial charge in [-0.2, -0.15) is 0 Å². The van der Waals surface area contributed by atoms with Gasteiger partial charge in [0.2, 0.25) is 0 Å². The first kappa shape index (κ1) is 18.0. The first-order valence-electron chi connectivity index (χ1n) is 7.62. The number of rotatable bonds is 6. The molecule has 0 bridgehead atoms. The van der Waals surface area contributed by atoms with Crippen molar-refractivity contribution in [3.05, 3.63) is 70.7 Å². The Morgan fingerprint density at radius 2 is 1.67 bits per heavy atom. The number of benzene rings is 2. The van der Waals surface area contributed by atoms with E-state index in [1.54, 1.807) is 42.5 Å². The molecule has 0 aliphatic rings. The number of hydroxylamine groups is 2. The quantitative estimate of drug-likeness (QED) is 0.578. The zero-order valence-electron chi connectivity index (χ0n) is 13.3. The maximum Gasteiger partial charge on any atom is 0.366 e. The zero-order chi connectivity index (χ0) is 17.4. The van der Waals surface area contributed by atoms with Crippen molar-refractivity contribution in [3.8, 4) is 0 Å². The Morgan fingerprint density at radius 1 is 1.00 bits per heavy atom. The van der Waals surface area contributed by atoms with Crippen LogP contribution in [0, 0.1) is 0 Å². The number of amides is 1. The molecule has 0 atom stereocenters. The van der Waals surface area contributed by atoms with E-state index in [2.05, 4.69) is 0 Å². The molecule has 0 aliphatic heterocycles. The molecule has 6 heteroatoms. The highest BCUT2D eigenvalue weighted by Crippen LogP contribution is 2.13. The van der Waals surface area contributed by atoms with Crippen LogP contribution in [-0.4, -0.2) is 23.7 Å². The highest BCUT2D eigenvalue weighted by molar-refractivity contribution is 6.30. The second kappa shape index (κ2) is 9.05. The molecule has 2 aromatic carbocycles. The third kappa shape index (κ3) is 5.08. The first-order chi connectivity index (χ1) is 11.6. The van der Waals surface area contributed by atoms with Crippen LogP contribution in [0.2, 0.25) is 5.02 Å². The second-order valence-corrected chi connectivity index (χ2v) is 5.44. The van der Waals surface area contributed by atoms with Crippen molar-refractivity contribution in [2.45, 2.75) is 19.8 Å². The monoisotopic (exact) mass is 347 g/mol. The number of hydrogen-bond donors (Lipinski definition) is 0. The predicted octanol–water partition coefficient (Wildman–Crippen LogP) is 4.29. The van der Waals surface area contributed by atoms with Crippen LogP contribution in [0.15, 0.2) is 54.6 Å². The van der Waals surface area contributed by atoms with Crippen LogP contribution >= 0.6 is 11.6 Å². The van der Waals surface area contributed by atoms with Gasteiger partial charge in [0.05, 0.1) is 12.2 Å². The summed E-state index contributed by atoms with van der Waals surface area (Å²) in [6, 6.07) is 14.6. The van der Waals surface area contributed by atoms with Crippen LogP contribution in [0.1, 0.15) is 40.5 Å². The Balaban J connectivity index is 2.11. The lowest BCUT2D eigenvalue weighted by Crippen LogP contribution is -2.34. The molecule has 1 amide bonds. The molecule has 0 saturated carbocycles. The first-order valence-corrected chi connectivity index (χ1v) is 8.00. The van der Waals surface area contributed by atoms with E-state index in [1.807, 2.05) is 6.92 Å². The largest absolute Gasteiger partial charge is 0.366 e.